The SMILES string of the molecule is CCN(CC)c1ccc(C2=C(O)C(C3C=CC(N(CC)CC)C=C3OC(=O)COc3cc(C)c(O)c(C)c3C)C2=O)c(OC(=O)COc2cc(C)c(O)c(C)c2C)c1. The number of phenolic OH excluding ortho intramolecular Hbond substituents is 2. The number of hydrogen-bond acceptors (Lipinski definition) is 12. The molecular formula is C46H56N2O10. The molecule has 0 aromatic heterocycles. The zero-order valence-corrected chi connectivity index (χ0v) is 35.2. The van der Waals surface area contributed by atoms with Crippen LogP contribution in [0.2, 0.25) is 0 Å². The highest BCUT2D eigenvalue weighted by molar-refractivity contribution is 6.30. The lowest BCUT2D eigenvalue weighted by Crippen LogP contribution is -2.40. The number of ketones is 1. The van der Waals surface area contributed by atoms with Crippen molar-refractivity contribution in [1.29, 1.82) is 0 Å². The Morgan fingerprint density at radius 3 is 1.71 bits per heavy atom. The third-order valence-electron chi connectivity index (χ3n) is 11.4. The first kappa shape index (κ1) is 43.4. The summed E-state index contributed by atoms with van der Waals surface area (Å²) in [5, 5.41) is 32.3. The van der Waals surface area contributed by atoms with Crippen LogP contribution in [0.3, 0.4) is 0 Å². The van der Waals surface area contributed by atoms with Crippen molar-refractivity contribution in [2.24, 2.45) is 11.8 Å². The average Bonchev–Trinajstić information content (AvgIpc) is 3.20. The number of allylic oxidation sites excluding steroid dienone is 3. The van der Waals surface area contributed by atoms with Crippen LogP contribution in [0.25, 0.3) is 5.57 Å². The van der Waals surface area contributed by atoms with Crippen LogP contribution in [0.15, 0.2) is 60.1 Å². The number of carbonyl (C=O) groups is 3. The van der Waals surface area contributed by atoms with Gasteiger partial charge in [0.1, 0.15) is 40.3 Å². The standard InChI is InChI=1S/C46H56N2O10/c1-11-47(12-2)31-15-17-33(37(21-31)57-39(49)23-55-35-19-25(5)43(51)29(9)27(35)7)41-45(53)42(46(41)54)34-18-16-32(48(13-3)14-4)22-38(34)58-40(50)24-56-36-20-26(6)44(52)30(10)28(36)8/h15-22,31,33,41,51-53H,11-14,23-24H2,1-10H3. The van der Waals surface area contributed by atoms with Gasteiger partial charge in [-0.25, -0.2) is 9.59 Å². The van der Waals surface area contributed by atoms with E-state index in [4.69, 9.17) is 18.9 Å². The van der Waals surface area contributed by atoms with E-state index < -0.39 is 42.8 Å². The van der Waals surface area contributed by atoms with Gasteiger partial charge in [-0.2, -0.15) is 0 Å². The second-order valence-corrected chi connectivity index (χ2v) is 14.8. The molecule has 0 heterocycles. The molecule has 0 fully saturated rings. The van der Waals surface area contributed by atoms with E-state index >= 15 is 0 Å². The van der Waals surface area contributed by atoms with Gasteiger partial charge in [-0.15, -0.1) is 0 Å². The van der Waals surface area contributed by atoms with Gasteiger partial charge in [-0.3, -0.25) is 9.69 Å². The number of Topliss-reactive ketones (excluding diaryl/α,β-unsaturated/α-hetero) is 1. The molecule has 58 heavy (non-hydrogen) atoms. The summed E-state index contributed by atoms with van der Waals surface area (Å²) in [5.41, 5.74) is 4.88. The van der Waals surface area contributed by atoms with Crippen molar-refractivity contribution in [3.63, 3.8) is 0 Å². The van der Waals surface area contributed by atoms with E-state index in [1.165, 1.54) is 0 Å². The van der Waals surface area contributed by atoms with Crippen LogP contribution in [0.5, 0.6) is 28.7 Å². The van der Waals surface area contributed by atoms with Crippen molar-refractivity contribution in [2.75, 3.05) is 44.3 Å². The summed E-state index contributed by atoms with van der Waals surface area (Å²) in [6.45, 7) is 20.6. The monoisotopic (exact) mass is 796 g/mol. The van der Waals surface area contributed by atoms with Gasteiger partial charge in [0.05, 0.1) is 17.4 Å². The van der Waals surface area contributed by atoms with E-state index in [0.717, 1.165) is 18.8 Å². The molecule has 310 valence electrons. The number of aryl methyl sites for hydroxylation is 2. The van der Waals surface area contributed by atoms with Crippen molar-refractivity contribution < 1.29 is 48.7 Å². The number of anilines is 1. The summed E-state index contributed by atoms with van der Waals surface area (Å²) in [6, 6.07) is 8.23. The van der Waals surface area contributed by atoms with Crippen LogP contribution in [0.1, 0.15) is 66.6 Å². The van der Waals surface area contributed by atoms with Crippen molar-refractivity contribution in [2.45, 2.75) is 75.3 Å². The molecule has 3 atom stereocenters. The molecule has 12 heteroatoms. The molecule has 2 aliphatic carbocycles. The number of esters is 2. The minimum atomic E-state index is -1.06. The Balaban J connectivity index is 1.43. The fraction of sp³-hybridized carbons (Fsp3) is 0.413. The molecule has 0 spiro atoms. The number of carbonyl (C=O) groups excluding carboxylic acids is 3. The first-order chi connectivity index (χ1) is 27.6. The van der Waals surface area contributed by atoms with Crippen molar-refractivity contribution in [3.05, 3.63) is 99.0 Å². The van der Waals surface area contributed by atoms with Gasteiger partial charge in [-0.05, 0) is 132 Å². The first-order valence-corrected chi connectivity index (χ1v) is 19.8. The molecular weight excluding hydrogens is 741 g/mol. The number of aromatic hydroxyl groups is 2. The lowest BCUT2D eigenvalue weighted by Gasteiger charge is -2.37. The molecule has 12 nitrogen and oxygen atoms in total. The van der Waals surface area contributed by atoms with Crippen LogP contribution in [0, 0.1) is 53.4 Å². The maximum atomic E-state index is 14.2. The number of nitrogens with zero attached hydrogens (tertiary/aromatic N) is 2. The Bertz CT molecular complexity index is 2180. The number of rotatable bonds is 16. The highest BCUT2D eigenvalue weighted by atomic mass is 16.6. The van der Waals surface area contributed by atoms with E-state index in [1.807, 2.05) is 39.8 Å². The van der Waals surface area contributed by atoms with E-state index in [-0.39, 0.29) is 45.9 Å². The summed E-state index contributed by atoms with van der Waals surface area (Å²) in [4.78, 5) is 45.1. The molecule has 3 aromatic rings. The molecule has 0 amide bonds. The van der Waals surface area contributed by atoms with Gasteiger partial charge in [0.2, 0.25) is 0 Å². The highest BCUT2D eigenvalue weighted by Crippen LogP contribution is 2.47. The maximum Gasteiger partial charge on any atom is 0.349 e. The van der Waals surface area contributed by atoms with Crippen LogP contribution < -0.4 is 19.1 Å². The predicted molar refractivity (Wildman–Crippen MR) is 223 cm³/mol. The van der Waals surface area contributed by atoms with E-state index in [2.05, 4.69) is 9.80 Å². The molecule has 0 bridgehead atoms. The number of phenols is 2. The van der Waals surface area contributed by atoms with Crippen molar-refractivity contribution in [1.82, 2.24) is 4.90 Å². The van der Waals surface area contributed by atoms with Crippen LogP contribution in [0.4, 0.5) is 5.69 Å². The third kappa shape index (κ3) is 8.72. The maximum absolute atomic E-state index is 14.2. The molecule has 0 aliphatic heterocycles. The van der Waals surface area contributed by atoms with E-state index in [1.54, 1.807) is 78.0 Å². The lowest BCUT2D eigenvalue weighted by atomic mass is 9.70. The van der Waals surface area contributed by atoms with Crippen LogP contribution >= 0.6 is 0 Å². The number of aliphatic hydroxyl groups is 1. The summed E-state index contributed by atoms with van der Waals surface area (Å²) in [5.74, 6) is -2.43. The molecule has 5 rings (SSSR count). The van der Waals surface area contributed by atoms with Gasteiger partial charge in [0.15, 0.2) is 19.0 Å². The number of ether oxygens (including phenoxy) is 4. The molecule has 0 saturated heterocycles. The van der Waals surface area contributed by atoms with Gasteiger partial charge >= 0.3 is 11.9 Å². The van der Waals surface area contributed by atoms with Gasteiger partial charge < -0.3 is 39.2 Å². The third-order valence-corrected chi connectivity index (χ3v) is 11.4. The molecule has 3 N–H and O–H groups in total. The summed E-state index contributed by atoms with van der Waals surface area (Å²) in [6.07, 6.45) is 5.51. The second kappa shape index (κ2) is 18.2. The average molecular weight is 797 g/mol. The Morgan fingerprint density at radius 2 is 1.21 bits per heavy atom. The largest absolute Gasteiger partial charge is 0.511 e. The number of aliphatic hydroxyl groups excluding tert-OH is 1. The smallest absolute Gasteiger partial charge is 0.349 e. The predicted octanol–water partition coefficient (Wildman–Crippen LogP) is 7.65. The van der Waals surface area contributed by atoms with Crippen LogP contribution in [-0.2, 0) is 19.1 Å². The Morgan fingerprint density at radius 1 is 0.672 bits per heavy atom. The zero-order chi connectivity index (χ0) is 42.6. The zero-order valence-electron chi connectivity index (χ0n) is 35.2. The summed E-state index contributed by atoms with van der Waals surface area (Å²) in [7, 11) is 0. The minimum absolute atomic E-state index is 0.00210. The Hall–Kier alpha value is -5.75. The lowest BCUT2D eigenvalue weighted by molar-refractivity contribution is -0.143. The van der Waals surface area contributed by atoms with E-state index in [9.17, 15) is 29.7 Å². The fourth-order valence-electron chi connectivity index (χ4n) is 7.54. The number of hydrogen-bond donors (Lipinski definition) is 3. The van der Waals surface area contributed by atoms with Gasteiger partial charge in [0.25, 0.3) is 0 Å². The van der Waals surface area contributed by atoms with E-state index in [0.29, 0.717) is 58.0 Å². The Labute approximate surface area is 341 Å². The summed E-state index contributed by atoms with van der Waals surface area (Å²) < 4.78 is 23.5. The van der Waals surface area contributed by atoms with Gasteiger partial charge in [-0.1, -0.05) is 26.0 Å². The molecule has 0 radical (unpaired) electrons. The second-order valence-electron chi connectivity index (χ2n) is 14.8. The van der Waals surface area contributed by atoms with Crippen molar-refractivity contribution in [3.8, 4) is 28.7 Å². The quantitative estimate of drug-likeness (QED) is 0.0741. The normalized spacial score (nSPS) is 17.5. The molecule has 3 unspecified atom stereocenters. The van der Waals surface area contributed by atoms with Gasteiger partial charge in [0, 0.05) is 36.4 Å². The minimum Gasteiger partial charge on any atom is -0.511 e. The fourth-order valence-corrected chi connectivity index (χ4v) is 7.54. The first-order valence-electron chi connectivity index (χ1n) is 19.8. The highest BCUT2D eigenvalue weighted by Gasteiger charge is 2.48. The van der Waals surface area contributed by atoms with Crippen molar-refractivity contribution >= 4 is 29.0 Å². The molecule has 0 saturated carbocycles. The topological polar surface area (TPSA) is 155 Å². The summed E-state index contributed by atoms with van der Waals surface area (Å²) >= 11 is 0. The number of benzene rings is 3. The number of likely N-dealkylation sites (N-methyl/N-ethyl adjacent to an activating group) is 1. The molecule has 2 aliphatic rings. The van der Waals surface area contributed by atoms with Crippen LogP contribution in [-0.4, -0.2) is 83.4 Å². The Kier molecular flexibility index (Phi) is 13.6. The molecule has 3 aromatic carbocycles.